The lowest BCUT2D eigenvalue weighted by Gasteiger charge is -2.05. The zero-order valence-corrected chi connectivity index (χ0v) is 11.8. The van der Waals surface area contributed by atoms with E-state index in [1.54, 1.807) is 0 Å². The van der Waals surface area contributed by atoms with Gasteiger partial charge in [-0.3, -0.25) is 4.79 Å². The fourth-order valence-electron chi connectivity index (χ4n) is 2.26. The van der Waals surface area contributed by atoms with Gasteiger partial charge < -0.3 is 0 Å². The molecule has 0 amide bonds. The van der Waals surface area contributed by atoms with Gasteiger partial charge in [-0.25, -0.2) is 5.10 Å². The molecule has 0 unspecified atom stereocenters. The first-order valence-corrected chi connectivity index (χ1v) is 6.92. The van der Waals surface area contributed by atoms with Gasteiger partial charge in [0, 0.05) is 17.5 Å². The molecular formula is C18H16N2O. The summed E-state index contributed by atoms with van der Waals surface area (Å²) < 4.78 is 0. The monoisotopic (exact) mass is 276 g/mol. The SMILES string of the molecule is Cc1ccc(Cc2cc(-c3ccccc3)n[nH]c2=O)cc1. The van der Waals surface area contributed by atoms with Gasteiger partial charge >= 0.3 is 0 Å². The van der Waals surface area contributed by atoms with E-state index in [1.165, 1.54) is 5.56 Å². The second-order valence-corrected chi connectivity index (χ2v) is 5.14. The van der Waals surface area contributed by atoms with E-state index in [2.05, 4.69) is 41.4 Å². The maximum Gasteiger partial charge on any atom is 0.267 e. The van der Waals surface area contributed by atoms with Crippen molar-refractivity contribution in [1.82, 2.24) is 10.2 Å². The van der Waals surface area contributed by atoms with E-state index in [0.717, 1.165) is 22.4 Å². The molecule has 0 bridgehead atoms. The van der Waals surface area contributed by atoms with Crippen LogP contribution in [0.1, 0.15) is 16.7 Å². The van der Waals surface area contributed by atoms with Gasteiger partial charge in [-0.2, -0.15) is 5.10 Å². The second-order valence-electron chi connectivity index (χ2n) is 5.14. The van der Waals surface area contributed by atoms with E-state index in [4.69, 9.17) is 0 Å². The number of aromatic amines is 1. The second kappa shape index (κ2) is 5.75. The number of aromatic nitrogens is 2. The first-order chi connectivity index (χ1) is 10.2. The lowest BCUT2D eigenvalue weighted by Crippen LogP contribution is -2.15. The summed E-state index contributed by atoms with van der Waals surface area (Å²) in [6, 6.07) is 19.9. The third-order valence-corrected chi connectivity index (χ3v) is 3.47. The molecule has 21 heavy (non-hydrogen) atoms. The van der Waals surface area contributed by atoms with Gasteiger partial charge in [-0.15, -0.1) is 0 Å². The van der Waals surface area contributed by atoms with Crippen molar-refractivity contribution in [3.05, 3.63) is 87.7 Å². The maximum atomic E-state index is 12.0. The molecule has 1 N–H and O–H groups in total. The van der Waals surface area contributed by atoms with Crippen molar-refractivity contribution >= 4 is 0 Å². The Morgan fingerprint density at radius 1 is 1.00 bits per heavy atom. The highest BCUT2D eigenvalue weighted by Crippen LogP contribution is 2.16. The normalized spacial score (nSPS) is 10.5. The van der Waals surface area contributed by atoms with Gasteiger partial charge in [-0.05, 0) is 18.6 Å². The number of hydrogen-bond donors (Lipinski definition) is 1. The van der Waals surface area contributed by atoms with Crippen molar-refractivity contribution in [1.29, 1.82) is 0 Å². The molecule has 2 aromatic carbocycles. The van der Waals surface area contributed by atoms with Crippen LogP contribution >= 0.6 is 0 Å². The quantitative estimate of drug-likeness (QED) is 0.797. The van der Waals surface area contributed by atoms with E-state index in [9.17, 15) is 4.79 Å². The summed E-state index contributed by atoms with van der Waals surface area (Å²) in [6.45, 7) is 2.05. The molecule has 0 fully saturated rings. The topological polar surface area (TPSA) is 45.8 Å². The standard InChI is InChI=1S/C18H16N2O/c1-13-7-9-14(10-8-13)11-16-12-17(19-20-18(16)21)15-5-3-2-4-6-15/h2-10,12H,11H2,1H3,(H,20,21). The lowest BCUT2D eigenvalue weighted by atomic mass is 10.0. The number of rotatable bonds is 3. The molecule has 0 aliphatic heterocycles. The van der Waals surface area contributed by atoms with Crippen LogP contribution < -0.4 is 5.56 Å². The Bertz CT molecular complexity index is 789. The Kier molecular flexibility index (Phi) is 3.65. The molecule has 3 heteroatoms. The summed E-state index contributed by atoms with van der Waals surface area (Å²) in [7, 11) is 0. The smallest absolute Gasteiger partial charge is 0.267 e. The Morgan fingerprint density at radius 3 is 2.43 bits per heavy atom. The van der Waals surface area contributed by atoms with Crippen molar-refractivity contribution in [2.45, 2.75) is 13.3 Å². The number of nitrogens with one attached hydrogen (secondary N) is 1. The van der Waals surface area contributed by atoms with Crippen LogP contribution in [0.2, 0.25) is 0 Å². The average molecular weight is 276 g/mol. The molecule has 1 heterocycles. The Hall–Kier alpha value is -2.68. The third kappa shape index (κ3) is 3.08. The first kappa shape index (κ1) is 13.3. The van der Waals surface area contributed by atoms with Crippen LogP contribution in [-0.4, -0.2) is 10.2 Å². The molecule has 0 atom stereocenters. The van der Waals surface area contributed by atoms with Gasteiger partial charge in [0.2, 0.25) is 0 Å². The van der Waals surface area contributed by atoms with Crippen molar-refractivity contribution in [3.63, 3.8) is 0 Å². The van der Waals surface area contributed by atoms with Gasteiger partial charge in [0.15, 0.2) is 0 Å². The van der Waals surface area contributed by atoms with Crippen LogP contribution in [0.15, 0.2) is 65.5 Å². The highest BCUT2D eigenvalue weighted by molar-refractivity contribution is 5.58. The summed E-state index contributed by atoms with van der Waals surface area (Å²) in [5, 5.41) is 6.72. The first-order valence-electron chi connectivity index (χ1n) is 6.92. The lowest BCUT2D eigenvalue weighted by molar-refractivity contribution is 0.955. The summed E-state index contributed by atoms with van der Waals surface area (Å²) >= 11 is 0. The fourth-order valence-corrected chi connectivity index (χ4v) is 2.26. The molecule has 0 aliphatic rings. The summed E-state index contributed by atoms with van der Waals surface area (Å²) in [5.41, 5.74) is 4.72. The summed E-state index contributed by atoms with van der Waals surface area (Å²) in [4.78, 5) is 12.0. The minimum atomic E-state index is -0.129. The number of H-pyrrole nitrogens is 1. The predicted molar refractivity (Wildman–Crippen MR) is 84.3 cm³/mol. The van der Waals surface area contributed by atoms with Crippen molar-refractivity contribution in [2.24, 2.45) is 0 Å². The molecule has 0 spiro atoms. The zero-order chi connectivity index (χ0) is 14.7. The molecule has 0 saturated carbocycles. The van der Waals surface area contributed by atoms with Crippen LogP contribution in [0.4, 0.5) is 0 Å². The summed E-state index contributed by atoms with van der Waals surface area (Å²) in [6.07, 6.45) is 0.609. The van der Waals surface area contributed by atoms with Gasteiger partial charge in [0.1, 0.15) is 0 Å². The van der Waals surface area contributed by atoms with E-state index in [1.807, 2.05) is 36.4 Å². The highest BCUT2D eigenvalue weighted by Gasteiger charge is 2.06. The molecule has 3 rings (SSSR count). The van der Waals surface area contributed by atoms with E-state index < -0.39 is 0 Å². The van der Waals surface area contributed by atoms with Crippen LogP contribution in [0.3, 0.4) is 0 Å². The molecule has 3 nitrogen and oxygen atoms in total. The Balaban J connectivity index is 1.95. The maximum absolute atomic E-state index is 12.0. The average Bonchev–Trinajstić information content (AvgIpc) is 2.52. The third-order valence-electron chi connectivity index (χ3n) is 3.47. The van der Waals surface area contributed by atoms with E-state index in [0.29, 0.717) is 6.42 Å². The van der Waals surface area contributed by atoms with Crippen LogP contribution in [0.25, 0.3) is 11.3 Å². The van der Waals surface area contributed by atoms with E-state index >= 15 is 0 Å². The summed E-state index contributed by atoms with van der Waals surface area (Å²) in [5.74, 6) is 0. The minimum absolute atomic E-state index is 0.129. The largest absolute Gasteiger partial charge is 0.268 e. The molecule has 0 aliphatic carbocycles. The van der Waals surface area contributed by atoms with Crippen molar-refractivity contribution < 1.29 is 0 Å². The number of hydrogen-bond acceptors (Lipinski definition) is 2. The van der Waals surface area contributed by atoms with Crippen molar-refractivity contribution in [3.8, 4) is 11.3 Å². The predicted octanol–water partition coefficient (Wildman–Crippen LogP) is 3.34. The number of aryl methyl sites for hydroxylation is 1. The Morgan fingerprint density at radius 2 is 1.71 bits per heavy atom. The number of nitrogens with zero attached hydrogens (tertiary/aromatic N) is 1. The molecule has 104 valence electrons. The zero-order valence-electron chi connectivity index (χ0n) is 11.8. The Labute approximate surface area is 123 Å². The van der Waals surface area contributed by atoms with Crippen LogP contribution in [0, 0.1) is 6.92 Å². The molecule has 0 saturated heterocycles. The fraction of sp³-hybridized carbons (Fsp3) is 0.111. The molecule has 3 aromatic rings. The van der Waals surface area contributed by atoms with Crippen molar-refractivity contribution in [2.75, 3.05) is 0 Å². The minimum Gasteiger partial charge on any atom is -0.268 e. The molecular weight excluding hydrogens is 260 g/mol. The number of benzene rings is 2. The van der Waals surface area contributed by atoms with Gasteiger partial charge in [0.25, 0.3) is 5.56 Å². The molecule has 1 aromatic heterocycles. The van der Waals surface area contributed by atoms with Gasteiger partial charge in [-0.1, -0.05) is 60.2 Å². The van der Waals surface area contributed by atoms with Gasteiger partial charge in [0.05, 0.1) is 5.69 Å². The van der Waals surface area contributed by atoms with Crippen LogP contribution in [0.5, 0.6) is 0 Å². The van der Waals surface area contributed by atoms with E-state index in [-0.39, 0.29) is 5.56 Å². The highest BCUT2D eigenvalue weighted by atomic mass is 16.1. The van der Waals surface area contributed by atoms with Crippen LogP contribution in [-0.2, 0) is 6.42 Å². The molecule has 0 radical (unpaired) electrons.